The van der Waals surface area contributed by atoms with Gasteiger partial charge < -0.3 is 4.98 Å². The molecule has 2 N–H and O–H groups in total. The van der Waals surface area contributed by atoms with Crippen LogP contribution < -0.4 is 4.72 Å². The summed E-state index contributed by atoms with van der Waals surface area (Å²) in [4.78, 5) is 7.55. The molecule has 0 fully saturated rings. The maximum Gasteiger partial charge on any atom is 0.416 e. The molecule has 3 aromatic carbocycles. The summed E-state index contributed by atoms with van der Waals surface area (Å²) in [7, 11) is -2.34. The number of hydrogen-bond donors (Lipinski definition) is 2. The lowest BCUT2D eigenvalue weighted by molar-refractivity contribution is -0.137. The molecule has 0 amide bonds. The zero-order chi connectivity index (χ0) is 23.8. The lowest BCUT2D eigenvalue weighted by Crippen LogP contribution is -2.19. The second-order valence-corrected chi connectivity index (χ2v) is 8.98. The van der Waals surface area contributed by atoms with Crippen molar-refractivity contribution in [3.05, 3.63) is 83.4 Å². The summed E-state index contributed by atoms with van der Waals surface area (Å²) in [5.41, 5.74) is 1.25. The van der Waals surface area contributed by atoms with Gasteiger partial charge >= 0.3 is 6.18 Å². The van der Waals surface area contributed by atoms with Crippen LogP contribution in [0.3, 0.4) is 0 Å². The first-order valence-electron chi connectivity index (χ1n) is 9.66. The number of H-pyrrole nitrogens is 1. The van der Waals surface area contributed by atoms with Crippen molar-refractivity contribution in [1.82, 2.24) is 14.7 Å². The van der Waals surface area contributed by atoms with Crippen molar-refractivity contribution in [2.75, 3.05) is 7.05 Å². The van der Waals surface area contributed by atoms with Crippen LogP contribution in [0.5, 0.6) is 0 Å². The van der Waals surface area contributed by atoms with Gasteiger partial charge in [-0.25, -0.2) is 22.5 Å². The summed E-state index contributed by atoms with van der Waals surface area (Å²) in [5.74, 6) is -0.639. The minimum Gasteiger partial charge on any atom is -0.338 e. The molecule has 5 nitrogen and oxygen atoms in total. The Labute approximate surface area is 186 Å². The van der Waals surface area contributed by atoms with Crippen molar-refractivity contribution in [1.29, 1.82) is 0 Å². The van der Waals surface area contributed by atoms with E-state index in [-0.39, 0.29) is 10.5 Å². The van der Waals surface area contributed by atoms with Crippen molar-refractivity contribution < 1.29 is 26.0 Å². The number of nitrogens with zero attached hydrogens (tertiary/aromatic N) is 1. The number of hydrogen-bond acceptors (Lipinski definition) is 3. The zero-order valence-corrected chi connectivity index (χ0v) is 17.9. The average Bonchev–Trinajstić information content (AvgIpc) is 3.19. The molecule has 4 rings (SSSR count). The van der Waals surface area contributed by atoms with Crippen LogP contribution in [0.25, 0.3) is 34.3 Å². The van der Waals surface area contributed by atoms with E-state index in [1.165, 1.54) is 25.3 Å². The minimum atomic E-state index is -4.62. The number of fused-ring (bicyclic) bond motifs is 1. The van der Waals surface area contributed by atoms with E-state index in [9.17, 15) is 26.0 Å². The molecule has 170 valence electrons. The molecule has 0 unspecified atom stereocenters. The molecule has 33 heavy (non-hydrogen) atoms. The molecule has 0 radical (unpaired) electrons. The van der Waals surface area contributed by atoms with E-state index in [1.54, 1.807) is 36.4 Å². The molecule has 4 aromatic rings. The van der Waals surface area contributed by atoms with Crippen LogP contribution in [0.1, 0.15) is 17.0 Å². The molecule has 0 saturated carbocycles. The van der Waals surface area contributed by atoms with E-state index in [2.05, 4.69) is 14.7 Å². The Kier molecular flexibility index (Phi) is 5.81. The highest BCUT2D eigenvalue weighted by molar-refractivity contribution is 7.89. The van der Waals surface area contributed by atoms with Gasteiger partial charge in [-0.2, -0.15) is 13.2 Å². The SMILES string of the molecule is CNS(=O)(=O)c1ccccc1-c1ccc2[nH]c(C=Cc3ccc(C(F)(F)F)cc3F)nc2c1. The van der Waals surface area contributed by atoms with Gasteiger partial charge in [0.15, 0.2) is 0 Å². The van der Waals surface area contributed by atoms with E-state index >= 15 is 0 Å². The fourth-order valence-corrected chi connectivity index (χ4v) is 4.28. The normalized spacial score (nSPS) is 12.6. The highest BCUT2D eigenvalue weighted by Gasteiger charge is 2.31. The molecular formula is C23H17F4N3O2S. The molecular weight excluding hydrogens is 458 g/mol. The third kappa shape index (κ3) is 4.67. The number of aromatic amines is 1. The van der Waals surface area contributed by atoms with Crippen LogP contribution in [0.15, 0.2) is 65.6 Å². The predicted molar refractivity (Wildman–Crippen MR) is 118 cm³/mol. The molecule has 10 heteroatoms. The molecule has 1 aromatic heterocycles. The summed E-state index contributed by atoms with van der Waals surface area (Å²) >= 11 is 0. The first-order valence-corrected chi connectivity index (χ1v) is 11.1. The topological polar surface area (TPSA) is 74.8 Å². The van der Waals surface area contributed by atoms with Gasteiger partial charge in [-0.3, -0.25) is 0 Å². The van der Waals surface area contributed by atoms with Gasteiger partial charge in [0.1, 0.15) is 11.6 Å². The van der Waals surface area contributed by atoms with Crippen molar-refractivity contribution in [2.24, 2.45) is 0 Å². The first kappa shape index (κ1) is 22.7. The van der Waals surface area contributed by atoms with E-state index in [0.29, 0.717) is 34.1 Å². The Hall–Kier alpha value is -3.50. The zero-order valence-electron chi connectivity index (χ0n) is 17.1. The Balaban J connectivity index is 1.67. The van der Waals surface area contributed by atoms with Crippen LogP contribution in [-0.2, 0) is 16.2 Å². The molecule has 0 aliphatic heterocycles. The van der Waals surface area contributed by atoms with Gasteiger partial charge in [0.2, 0.25) is 10.0 Å². The summed E-state index contributed by atoms with van der Waals surface area (Å²) in [6.45, 7) is 0. The fourth-order valence-electron chi connectivity index (χ4n) is 3.33. The second kappa shape index (κ2) is 8.45. The van der Waals surface area contributed by atoms with Crippen molar-refractivity contribution >= 4 is 33.2 Å². The predicted octanol–water partition coefficient (Wildman–Crippen LogP) is 5.47. The van der Waals surface area contributed by atoms with Crippen LogP contribution in [-0.4, -0.2) is 25.4 Å². The van der Waals surface area contributed by atoms with E-state index in [4.69, 9.17) is 0 Å². The monoisotopic (exact) mass is 475 g/mol. The van der Waals surface area contributed by atoms with E-state index in [1.807, 2.05) is 0 Å². The Morgan fingerprint density at radius 2 is 1.76 bits per heavy atom. The van der Waals surface area contributed by atoms with E-state index < -0.39 is 27.6 Å². The summed E-state index contributed by atoms with van der Waals surface area (Å²) in [6, 6.07) is 14.0. The van der Waals surface area contributed by atoms with Gasteiger partial charge in [-0.05, 0) is 55.1 Å². The van der Waals surface area contributed by atoms with Gasteiger partial charge in [0, 0.05) is 11.1 Å². The molecule has 0 saturated heterocycles. The number of alkyl halides is 3. The highest BCUT2D eigenvalue weighted by Crippen LogP contribution is 2.31. The Morgan fingerprint density at radius 3 is 2.45 bits per heavy atom. The largest absolute Gasteiger partial charge is 0.416 e. The third-order valence-corrected chi connectivity index (χ3v) is 6.48. The molecule has 1 heterocycles. The summed E-state index contributed by atoms with van der Waals surface area (Å²) in [5, 5.41) is 0. The van der Waals surface area contributed by atoms with Crippen molar-refractivity contribution in [3.63, 3.8) is 0 Å². The molecule has 0 spiro atoms. The molecule has 0 aliphatic carbocycles. The Bertz CT molecular complexity index is 1470. The standard InChI is InChI=1S/C23H17F4N3O2S/c1-28-33(31,32)21-5-3-2-4-17(21)15-7-10-19-20(12-15)30-22(29-19)11-8-14-6-9-16(13-18(14)24)23(25,26)27/h2-13,28H,1H3,(H,29,30). The number of imidazole rings is 1. The number of aromatic nitrogens is 2. The number of halogens is 4. The van der Waals surface area contributed by atoms with Crippen LogP contribution in [0.4, 0.5) is 17.6 Å². The highest BCUT2D eigenvalue weighted by atomic mass is 32.2. The lowest BCUT2D eigenvalue weighted by atomic mass is 10.1. The maximum absolute atomic E-state index is 14.1. The quantitative estimate of drug-likeness (QED) is 0.376. The van der Waals surface area contributed by atoms with Gasteiger partial charge in [0.05, 0.1) is 21.5 Å². The van der Waals surface area contributed by atoms with Crippen molar-refractivity contribution in [2.45, 2.75) is 11.1 Å². The lowest BCUT2D eigenvalue weighted by Gasteiger charge is -2.09. The number of benzene rings is 3. The van der Waals surface area contributed by atoms with Crippen LogP contribution in [0.2, 0.25) is 0 Å². The van der Waals surface area contributed by atoms with Crippen LogP contribution in [0, 0.1) is 5.82 Å². The first-order chi connectivity index (χ1) is 15.6. The number of rotatable bonds is 5. The van der Waals surface area contributed by atoms with Gasteiger partial charge in [-0.15, -0.1) is 0 Å². The van der Waals surface area contributed by atoms with Crippen LogP contribution >= 0.6 is 0 Å². The van der Waals surface area contributed by atoms with Gasteiger partial charge in [0.25, 0.3) is 0 Å². The summed E-state index contributed by atoms with van der Waals surface area (Å²) in [6.07, 6.45) is -1.85. The molecule has 0 atom stereocenters. The minimum absolute atomic E-state index is 0.0182. The third-order valence-electron chi connectivity index (χ3n) is 5.01. The van der Waals surface area contributed by atoms with E-state index in [0.717, 1.165) is 12.1 Å². The smallest absolute Gasteiger partial charge is 0.338 e. The second-order valence-electron chi connectivity index (χ2n) is 7.13. The van der Waals surface area contributed by atoms with Gasteiger partial charge in [-0.1, -0.05) is 30.3 Å². The maximum atomic E-state index is 14.1. The Morgan fingerprint density at radius 1 is 1.00 bits per heavy atom. The van der Waals surface area contributed by atoms with Crippen molar-refractivity contribution in [3.8, 4) is 11.1 Å². The number of nitrogens with one attached hydrogen (secondary N) is 2. The molecule has 0 bridgehead atoms. The summed E-state index contributed by atoms with van der Waals surface area (Å²) < 4.78 is 79.2. The average molecular weight is 475 g/mol. The molecule has 0 aliphatic rings. The number of sulfonamides is 1. The fraction of sp³-hybridized carbons (Fsp3) is 0.0870.